The summed E-state index contributed by atoms with van der Waals surface area (Å²) in [6, 6.07) is 0. The second kappa shape index (κ2) is 4.87. The molecule has 2 fully saturated rings. The molecule has 3 heteroatoms. The van der Waals surface area contributed by atoms with Crippen LogP contribution in [-0.4, -0.2) is 37.6 Å². The average Bonchev–Trinajstić information content (AvgIpc) is 2.61. The van der Waals surface area contributed by atoms with Gasteiger partial charge in [0.2, 0.25) is 0 Å². The predicted octanol–water partition coefficient (Wildman–Crippen LogP) is 2.23. The molecule has 0 saturated heterocycles. The number of fused-ring (bicyclic) bond motifs is 2. The van der Waals surface area contributed by atoms with Crippen molar-refractivity contribution in [3.63, 3.8) is 0 Å². The zero-order chi connectivity index (χ0) is 12.5. The van der Waals surface area contributed by atoms with Gasteiger partial charge in [0.15, 0.2) is 0 Å². The van der Waals surface area contributed by atoms with Gasteiger partial charge in [0.05, 0.1) is 32.5 Å². The predicted molar refractivity (Wildman–Crippen MR) is 66.9 cm³/mol. The lowest BCUT2D eigenvalue weighted by atomic mass is 9.70. The van der Waals surface area contributed by atoms with Crippen molar-refractivity contribution >= 4 is 0 Å². The number of aliphatic hydroxyl groups excluding tert-OH is 1. The Morgan fingerprint density at radius 2 is 1.94 bits per heavy atom. The van der Waals surface area contributed by atoms with E-state index in [2.05, 4.69) is 20.8 Å². The Bertz CT molecular complexity index is 264. The van der Waals surface area contributed by atoms with Gasteiger partial charge in [-0.15, -0.1) is 0 Å². The molecule has 0 unspecified atom stereocenters. The average molecular weight is 242 g/mol. The van der Waals surface area contributed by atoms with Crippen molar-refractivity contribution in [2.24, 2.45) is 16.7 Å². The maximum Gasteiger partial charge on any atom is 0.0704 e. The van der Waals surface area contributed by atoms with Gasteiger partial charge in [-0.05, 0) is 36.0 Å². The SMILES string of the molecule is CC1(C)[C@@H]2CC[C@]1(C)[C@H](OCCOCCO)C2. The summed E-state index contributed by atoms with van der Waals surface area (Å²) in [7, 11) is 0. The van der Waals surface area contributed by atoms with Gasteiger partial charge < -0.3 is 14.6 Å². The van der Waals surface area contributed by atoms with Crippen molar-refractivity contribution in [1.82, 2.24) is 0 Å². The Morgan fingerprint density at radius 3 is 2.47 bits per heavy atom. The maximum absolute atomic E-state index is 8.61. The molecule has 17 heavy (non-hydrogen) atoms. The van der Waals surface area contributed by atoms with Gasteiger partial charge in [0, 0.05) is 0 Å². The van der Waals surface area contributed by atoms with Crippen molar-refractivity contribution < 1.29 is 14.6 Å². The van der Waals surface area contributed by atoms with Gasteiger partial charge in [0.25, 0.3) is 0 Å². The first-order valence-corrected chi connectivity index (χ1v) is 6.82. The topological polar surface area (TPSA) is 38.7 Å². The van der Waals surface area contributed by atoms with Crippen molar-refractivity contribution in [2.75, 3.05) is 26.4 Å². The van der Waals surface area contributed by atoms with E-state index in [0.717, 1.165) is 5.92 Å². The Morgan fingerprint density at radius 1 is 1.18 bits per heavy atom. The summed E-state index contributed by atoms with van der Waals surface area (Å²) in [5.74, 6) is 0.830. The quantitative estimate of drug-likeness (QED) is 0.726. The lowest BCUT2D eigenvalue weighted by Gasteiger charge is -2.38. The molecular formula is C14H26O3. The molecule has 2 bridgehead atoms. The van der Waals surface area contributed by atoms with Crippen LogP contribution in [0.15, 0.2) is 0 Å². The van der Waals surface area contributed by atoms with Crippen LogP contribution in [0.1, 0.15) is 40.0 Å². The molecule has 2 aliphatic carbocycles. The van der Waals surface area contributed by atoms with Crippen molar-refractivity contribution in [1.29, 1.82) is 0 Å². The summed E-state index contributed by atoms with van der Waals surface area (Å²) in [4.78, 5) is 0. The van der Waals surface area contributed by atoms with Gasteiger partial charge >= 0.3 is 0 Å². The highest BCUT2D eigenvalue weighted by Crippen LogP contribution is 2.66. The molecule has 2 aliphatic rings. The molecule has 3 atom stereocenters. The van der Waals surface area contributed by atoms with Crippen LogP contribution < -0.4 is 0 Å². The van der Waals surface area contributed by atoms with Crippen LogP contribution >= 0.6 is 0 Å². The summed E-state index contributed by atoms with van der Waals surface area (Å²) in [6.07, 6.45) is 4.27. The fourth-order valence-electron chi connectivity index (χ4n) is 3.80. The molecule has 0 aromatic rings. The lowest BCUT2D eigenvalue weighted by molar-refractivity contribution is -0.0662. The van der Waals surface area contributed by atoms with Crippen LogP contribution in [0.4, 0.5) is 0 Å². The first-order valence-electron chi connectivity index (χ1n) is 6.82. The maximum atomic E-state index is 8.61. The molecule has 0 radical (unpaired) electrons. The highest BCUT2D eigenvalue weighted by atomic mass is 16.5. The van der Waals surface area contributed by atoms with Crippen LogP contribution in [0.5, 0.6) is 0 Å². The van der Waals surface area contributed by atoms with Crippen molar-refractivity contribution in [3.05, 3.63) is 0 Å². The molecule has 2 rings (SSSR count). The van der Waals surface area contributed by atoms with E-state index in [1.807, 2.05) is 0 Å². The number of hydrogen-bond acceptors (Lipinski definition) is 3. The van der Waals surface area contributed by atoms with E-state index >= 15 is 0 Å². The normalized spacial score (nSPS) is 38.8. The summed E-state index contributed by atoms with van der Waals surface area (Å²) in [6.45, 7) is 8.95. The number of rotatable bonds is 6. The second-order valence-corrected chi connectivity index (χ2v) is 6.31. The number of hydrogen-bond donors (Lipinski definition) is 1. The van der Waals surface area contributed by atoms with E-state index in [1.54, 1.807) is 0 Å². The van der Waals surface area contributed by atoms with E-state index in [0.29, 0.717) is 36.8 Å². The minimum atomic E-state index is 0.0935. The molecular weight excluding hydrogens is 216 g/mol. The van der Waals surface area contributed by atoms with Crippen LogP contribution in [0.2, 0.25) is 0 Å². The smallest absolute Gasteiger partial charge is 0.0704 e. The van der Waals surface area contributed by atoms with Crippen LogP contribution in [0, 0.1) is 16.7 Å². The highest BCUT2D eigenvalue weighted by Gasteiger charge is 2.61. The Balaban J connectivity index is 1.80. The third kappa shape index (κ3) is 2.13. The van der Waals surface area contributed by atoms with E-state index < -0.39 is 0 Å². The Hall–Kier alpha value is -0.120. The van der Waals surface area contributed by atoms with Crippen LogP contribution in [0.3, 0.4) is 0 Å². The molecule has 1 N–H and O–H groups in total. The molecule has 3 nitrogen and oxygen atoms in total. The van der Waals surface area contributed by atoms with Gasteiger partial charge in [-0.2, -0.15) is 0 Å². The van der Waals surface area contributed by atoms with Gasteiger partial charge in [-0.3, -0.25) is 0 Å². The molecule has 0 heterocycles. The summed E-state index contributed by atoms with van der Waals surface area (Å²) >= 11 is 0. The molecule has 0 aliphatic heterocycles. The molecule has 0 aromatic heterocycles. The summed E-state index contributed by atoms with van der Waals surface area (Å²) < 4.78 is 11.2. The van der Waals surface area contributed by atoms with Gasteiger partial charge in [0.1, 0.15) is 0 Å². The third-order valence-electron chi connectivity index (χ3n) is 5.50. The molecule has 100 valence electrons. The van der Waals surface area contributed by atoms with Gasteiger partial charge in [-0.25, -0.2) is 0 Å². The zero-order valence-electron chi connectivity index (χ0n) is 11.4. The molecule has 2 saturated carbocycles. The minimum absolute atomic E-state index is 0.0935. The van der Waals surface area contributed by atoms with Gasteiger partial charge in [-0.1, -0.05) is 20.8 Å². The first-order chi connectivity index (χ1) is 8.02. The molecule has 0 amide bonds. The largest absolute Gasteiger partial charge is 0.394 e. The van der Waals surface area contributed by atoms with E-state index in [9.17, 15) is 0 Å². The lowest BCUT2D eigenvalue weighted by Crippen LogP contribution is -2.37. The minimum Gasteiger partial charge on any atom is -0.394 e. The van der Waals surface area contributed by atoms with Crippen molar-refractivity contribution in [3.8, 4) is 0 Å². The van der Waals surface area contributed by atoms with Crippen molar-refractivity contribution in [2.45, 2.75) is 46.1 Å². The monoisotopic (exact) mass is 242 g/mol. The van der Waals surface area contributed by atoms with E-state index in [-0.39, 0.29) is 6.61 Å². The van der Waals surface area contributed by atoms with Crippen LogP contribution in [-0.2, 0) is 9.47 Å². The molecule has 0 spiro atoms. The fraction of sp³-hybridized carbons (Fsp3) is 1.00. The van der Waals surface area contributed by atoms with E-state index in [1.165, 1.54) is 19.3 Å². The molecule has 0 aromatic carbocycles. The van der Waals surface area contributed by atoms with E-state index in [4.69, 9.17) is 14.6 Å². The summed E-state index contributed by atoms with van der Waals surface area (Å²) in [5, 5.41) is 8.61. The Kier molecular flexibility index (Phi) is 3.81. The second-order valence-electron chi connectivity index (χ2n) is 6.31. The van der Waals surface area contributed by atoms with Crippen LogP contribution in [0.25, 0.3) is 0 Å². The number of ether oxygens (including phenoxy) is 2. The number of aliphatic hydroxyl groups is 1. The fourth-order valence-corrected chi connectivity index (χ4v) is 3.80. The summed E-state index contributed by atoms with van der Waals surface area (Å²) in [5.41, 5.74) is 0.762. The first kappa shape index (κ1) is 13.3. The Labute approximate surface area is 104 Å². The third-order valence-corrected chi connectivity index (χ3v) is 5.50. The standard InChI is InChI=1S/C14H26O3/c1-13(2)11-4-5-14(13,3)12(10-11)17-9-8-16-7-6-15/h11-12,15H,4-10H2,1-3H3/t11-,12-,14-/m1/s1. The highest BCUT2D eigenvalue weighted by molar-refractivity contribution is 5.11. The zero-order valence-corrected chi connectivity index (χ0v) is 11.4.